The monoisotopic (exact) mass is 324 g/mol. The summed E-state index contributed by atoms with van der Waals surface area (Å²) in [6, 6.07) is 7.96. The highest BCUT2D eigenvalue weighted by Gasteiger charge is 2.23. The van der Waals surface area contributed by atoms with Crippen LogP contribution in [0.4, 0.5) is 0 Å². The number of aliphatic hydroxyl groups excluding tert-OH is 1. The van der Waals surface area contributed by atoms with Crippen molar-refractivity contribution in [3.05, 3.63) is 24.3 Å². The van der Waals surface area contributed by atoms with Crippen LogP contribution in [0, 0.1) is 0 Å². The summed E-state index contributed by atoms with van der Waals surface area (Å²) in [7, 11) is 0. The molecule has 5 nitrogen and oxygen atoms in total. The van der Waals surface area contributed by atoms with Gasteiger partial charge in [-0.05, 0) is 12.1 Å². The number of thiazole rings is 1. The largest absolute Gasteiger partial charge is 0.394 e. The maximum Gasteiger partial charge on any atom is 0.233 e. The van der Waals surface area contributed by atoms with Gasteiger partial charge in [0.1, 0.15) is 0 Å². The summed E-state index contributed by atoms with van der Waals surface area (Å²) < 4.78 is 7.40. The van der Waals surface area contributed by atoms with Crippen LogP contribution in [0.15, 0.2) is 28.6 Å². The van der Waals surface area contributed by atoms with E-state index in [1.807, 2.05) is 24.3 Å². The Hall–Kier alpha value is -1.15. The van der Waals surface area contributed by atoms with Gasteiger partial charge in [0.15, 0.2) is 4.34 Å². The molecule has 1 aromatic carbocycles. The molecular formula is C14H16N2O3S2. The molecular weight excluding hydrogens is 308 g/mol. The average Bonchev–Trinajstić information content (AvgIpc) is 2.95. The van der Waals surface area contributed by atoms with Crippen LogP contribution in [0.1, 0.15) is 0 Å². The van der Waals surface area contributed by atoms with E-state index in [-0.39, 0.29) is 18.6 Å². The summed E-state index contributed by atoms with van der Waals surface area (Å²) in [6.45, 7) is 1.50. The first-order chi connectivity index (χ1) is 10.3. The number of hydrogen-bond acceptors (Lipinski definition) is 6. The van der Waals surface area contributed by atoms with Crippen LogP contribution >= 0.6 is 23.1 Å². The van der Waals surface area contributed by atoms with Gasteiger partial charge in [0, 0.05) is 13.1 Å². The fourth-order valence-electron chi connectivity index (χ4n) is 2.18. The van der Waals surface area contributed by atoms with Crippen molar-refractivity contribution in [3.63, 3.8) is 0 Å². The number of carbonyl (C=O) groups excluding carboxylic acids is 1. The number of amides is 1. The van der Waals surface area contributed by atoms with Crippen molar-refractivity contribution >= 4 is 39.2 Å². The number of thioether (sulfide) groups is 1. The first-order valence-corrected chi connectivity index (χ1v) is 8.55. The highest BCUT2D eigenvalue weighted by molar-refractivity contribution is 8.01. The zero-order chi connectivity index (χ0) is 14.7. The zero-order valence-corrected chi connectivity index (χ0v) is 13.0. The number of aliphatic hydroxyl groups is 1. The molecule has 1 N–H and O–H groups in total. The fraction of sp³-hybridized carbons (Fsp3) is 0.429. The van der Waals surface area contributed by atoms with E-state index < -0.39 is 0 Å². The van der Waals surface area contributed by atoms with E-state index in [0.29, 0.717) is 25.4 Å². The Morgan fingerprint density at radius 3 is 3.19 bits per heavy atom. The molecule has 1 unspecified atom stereocenters. The van der Waals surface area contributed by atoms with Crippen LogP contribution in [-0.2, 0) is 9.53 Å². The van der Waals surface area contributed by atoms with Crippen LogP contribution in [-0.4, -0.2) is 59.1 Å². The van der Waals surface area contributed by atoms with Gasteiger partial charge in [-0.15, -0.1) is 11.3 Å². The van der Waals surface area contributed by atoms with Crippen molar-refractivity contribution in [3.8, 4) is 0 Å². The molecule has 0 aliphatic carbocycles. The Kier molecular flexibility index (Phi) is 4.74. The van der Waals surface area contributed by atoms with Crippen molar-refractivity contribution < 1.29 is 14.6 Å². The van der Waals surface area contributed by atoms with E-state index in [2.05, 4.69) is 4.98 Å². The Morgan fingerprint density at radius 1 is 1.52 bits per heavy atom. The lowest BCUT2D eigenvalue weighted by atomic mass is 10.3. The molecule has 1 amide bonds. The van der Waals surface area contributed by atoms with Gasteiger partial charge in [-0.1, -0.05) is 23.9 Å². The van der Waals surface area contributed by atoms with E-state index >= 15 is 0 Å². The van der Waals surface area contributed by atoms with Crippen LogP contribution in [0.5, 0.6) is 0 Å². The van der Waals surface area contributed by atoms with Gasteiger partial charge >= 0.3 is 0 Å². The summed E-state index contributed by atoms with van der Waals surface area (Å²) in [5.41, 5.74) is 0.976. The topological polar surface area (TPSA) is 62.7 Å². The van der Waals surface area contributed by atoms with Gasteiger partial charge in [0.2, 0.25) is 5.91 Å². The fourth-order valence-corrected chi connectivity index (χ4v) is 4.16. The SMILES string of the molecule is O=C(CSc1nc2ccccc2s1)N1CCOC(CO)C1. The highest BCUT2D eigenvalue weighted by atomic mass is 32.2. The third kappa shape index (κ3) is 3.55. The second kappa shape index (κ2) is 6.74. The maximum absolute atomic E-state index is 12.2. The molecule has 0 saturated carbocycles. The van der Waals surface area contributed by atoms with E-state index in [1.165, 1.54) is 11.8 Å². The molecule has 3 rings (SSSR count). The molecule has 0 spiro atoms. The van der Waals surface area contributed by atoms with Crippen molar-refractivity contribution in [1.29, 1.82) is 0 Å². The van der Waals surface area contributed by atoms with Gasteiger partial charge in [0.05, 0.1) is 35.3 Å². The van der Waals surface area contributed by atoms with Crippen molar-refractivity contribution in [2.24, 2.45) is 0 Å². The number of rotatable bonds is 4. The number of aromatic nitrogens is 1. The summed E-state index contributed by atoms with van der Waals surface area (Å²) >= 11 is 3.08. The van der Waals surface area contributed by atoms with E-state index in [0.717, 1.165) is 14.6 Å². The molecule has 1 aliphatic rings. The molecule has 1 atom stereocenters. The predicted octanol–water partition coefficient (Wildman–Crippen LogP) is 1.61. The third-order valence-electron chi connectivity index (χ3n) is 3.29. The normalized spacial score (nSPS) is 19.1. The Morgan fingerprint density at radius 2 is 2.38 bits per heavy atom. The number of ether oxygens (including phenoxy) is 1. The number of carbonyl (C=O) groups is 1. The number of nitrogens with zero attached hydrogens (tertiary/aromatic N) is 2. The second-order valence-corrected chi connectivity index (χ2v) is 7.00. The maximum atomic E-state index is 12.2. The third-order valence-corrected chi connectivity index (χ3v) is 5.45. The standard InChI is InChI=1S/C14H16N2O3S2/c17-8-10-7-16(5-6-19-10)13(18)9-20-14-15-11-3-1-2-4-12(11)21-14/h1-4,10,17H,5-9H2. The van der Waals surface area contributed by atoms with Crippen LogP contribution in [0.3, 0.4) is 0 Å². The van der Waals surface area contributed by atoms with E-state index in [9.17, 15) is 4.79 Å². The molecule has 1 aromatic heterocycles. The molecule has 1 saturated heterocycles. The molecule has 2 heterocycles. The number of para-hydroxylation sites is 1. The quantitative estimate of drug-likeness (QED) is 0.866. The smallest absolute Gasteiger partial charge is 0.233 e. The van der Waals surface area contributed by atoms with Gasteiger partial charge in [-0.3, -0.25) is 4.79 Å². The van der Waals surface area contributed by atoms with Crippen LogP contribution in [0.2, 0.25) is 0 Å². The molecule has 1 aliphatic heterocycles. The lowest BCUT2D eigenvalue weighted by Crippen LogP contribution is -2.47. The minimum atomic E-state index is -0.254. The molecule has 2 aromatic rings. The highest BCUT2D eigenvalue weighted by Crippen LogP contribution is 2.29. The van der Waals surface area contributed by atoms with Crippen molar-refractivity contribution in [2.45, 2.75) is 10.4 Å². The molecule has 7 heteroatoms. The molecule has 1 fully saturated rings. The number of fused-ring (bicyclic) bond motifs is 1. The minimum Gasteiger partial charge on any atom is -0.394 e. The summed E-state index contributed by atoms with van der Waals surface area (Å²) in [6.07, 6.45) is -0.254. The number of hydrogen-bond donors (Lipinski definition) is 1. The van der Waals surface area contributed by atoms with Gasteiger partial charge in [-0.25, -0.2) is 4.98 Å². The molecule has 21 heavy (non-hydrogen) atoms. The number of morpholine rings is 1. The Bertz CT molecular complexity index is 598. The lowest BCUT2D eigenvalue weighted by Gasteiger charge is -2.31. The minimum absolute atomic E-state index is 0.0468. The van der Waals surface area contributed by atoms with Gasteiger partial charge in [-0.2, -0.15) is 0 Å². The number of benzene rings is 1. The second-order valence-electron chi connectivity index (χ2n) is 4.75. The van der Waals surface area contributed by atoms with Crippen molar-refractivity contribution in [2.75, 3.05) is 32.1 Å². The van der Waals surface area contributed by atoms with Crippen molar-refractivity contribution in [1.82, 2.24) is 9.88 Å². The molecule has 112 valence electrons. The average molecular weight is 324 g/mol. The van der Waals surface area contributed by atoms with Gasteiger partial charge in [0.25, 0.3) is 0 Å². The Labute approximate surface area is 130 Å². The van der Waals surface area contributed by atoms with E-state index in [1.54, 1.807) is 16.2 Å². The summed E-state index contributed by atoms with van der Waals surface area (Å²) in [5, 5.41) is 9.10. The van der Waals surface area contributed by atoms with Crippen LogP contribution < -0.4 is 0 Å². The van der Waals surface area contributed by atoms with E-state index in [4.69, 9.17) is 9.84 Å². The predicted molar refractivity (Wildman–Crippen MR) is 83.7 cm³/mol. The zero-order valence-electron chi connectivity index (χ0n) is 11.4. The molecule has 0 bridgehead atoms. The summed E-state index contributed by atoms with van der Waals surface area (Å²) in [4.78, 5) is 18.5. The van der Waals surface area contributed by atoms with Gasteiger partial charge < -0.3 is 14.7 Å². The summed E-state index contributed by atoms with van der Waals surface area (Å²) in [5.74, 6) is 0.443. The first kappa shape index (κ1) is 14.8. The molecule has 0 radical (unpaired) electrons. The first-order valence-electron chi connectivity index (χ1n) is 6.75. The van der Waals surface area contributed by atoms with Crippen LogP contribution in [0.25, 0.3) is 10.2 Å². The Balaban J connectivity index is 1.57. The lowest BCUT2D eigenvalue weighted by molar-refractivity contribution is -0.137.